The molecule has 28 heavy (non-hydrogen) atoms. The molecular formula is C19H18F3N5O. The van der Waals surface area contributed by atoms with Crippen molar-refractivity contribution in [1.82, 2.24) is 14.9 Å². The van der Waals surface area contributed by atoms with Crippen LogP contribution in [0.2, 0.25) is 0 Å². The minimum atomic E-state index is -4.39. The highest BCUT2D eigenvalue weighted by Crippen LogP contribution is 2.38. The Bertz CT molecular complexity index is 899. The highest BCUT2D eigenvalue weighted by molar-refractivity contribution is 5.87. The fourth-order valence-corrected chi connectivity index (χ4v) is 3.69. The van der Waals surface area contributed by atoms with Gasteiger partial charge in [0.1, 0.15) is 0 Å². The average Bonchev–Trinajstić information content (AvgIpc) is 2.71. The molecule has 3 heterocycles. The van der Waals surface area contributed by atoms with Crippen LogP contribution in [-0.4, -0.2) is 53.0 Å². The van der Waals surface area contributed by atoms with Gasteiger partial charge in [-0.05, 0) is 30.3 Å². The molecule has 6 nitrogen and oxygen atoms in total. The van der Waals surface area contributed by atoms with E-state index in [9.17, 15) is 18.0 Å². The molecule has 1 atom stereocenters. The van der Waals surface area contributed by atoms with Crippen molar-refractivity contribution >= 4 is 23.2 Å². The number of amides is 1. The summed E-state index contributed by atoms with van der Waals surface area (Å²) in [5, 5.41) is 0. The van der Waals surface area contributed by atoms with Crippen LogP contribution in [0, 0.1) is 0 Å². The van der Waals surface area contributed by atoms with Crippen LogP contribution >= 0.6 is 0 Å². The van der Waals surface area contributed by atoms with Gasteiger partial charge < -0.3 is 14.7 Å². The van der Waals surface area contributed by atoms with E-state index in [0.29, 0.717) is 43.5 Å². The summed E-state index contributed by atoms with van der Waals surface area (Å²) in [6.45, 7) is 5.67. The first-order valence-corrected chi connectivity index (χ1v) is 8.82. The van der Waals surface area contributed by atoms with Crippen LogP contribution in [0.5, 0.6) is 0 Å². The van der Waals surface area contributed by atoms with E-state index in [4.69, 9.17) is 0 Å². The molecule has 1 unspecified atom stereocenters. The Balaban J connectivity index is 1.68. The predicted molar refractivity (Wildman–Crippen MR) is 98.4 cm³/mol. The Kier molecular flexibility index (Phi) is 4.44. The number of hydrogen-bond acceptors (Lipinski definition) is 5. The third-order valence-corrected chi connectivity index (χ3v) is 5.06. The summed E-state index contributed by atoms with van der Waals surface area (Å²) in [5.41, 5.74) is -0.101. The fourth-order valence-electron chi connectivity index (χ4n) is 3.69. The number of anilines is 3. The summed E-state index contributed by atoms with van der Waals surface area (Å²) < 4.78 is 38.7. The largest absolute Gasteiger partial charge is 0.416 e. The highest BCUT2D eigenvalue weighted by Gasteiger charge is 2.38. The number of fused-ring (bicyclic) bond motifs is 3. The third kappa shape index (κ3) is 3.17. The first-order chi connectivity index (χ1) is 13.4. The van der Waals surface area contributed by atoms with Crippen molar-refractivity contribution < 1.29 is 18.0 Å². The topological polar surface area (TPSA) is 52.6 Å². The third-order valence-electron chi connectivity index (χ3n) is 5.06. The van der Waals surface area contributed by atoms with Crippen LogP contribution in [0.15, 0.2) is 49.3 Å². The predicted octanol–water partition coefficient (Wildman–Crippen LogP) is 2.85. The van der Waals surface area contributed by atoms with Gasteiger partial charge in [-0.2, -0.15) is 13.2 Å². The van der Waals surface area contributed by atoms with Gasteiger partial charge in [-0.25, -0.2) is 9.97 Å². The van der Waals surface area contributed by atoms with Gasteiger partial charge in [0, 0.05) is 44.3 Å². The van der Waals surface area contributed by atoms with E-state index in [2.05, 4.69) is 21.4 Å². The van der Waals surface area contributed by atoms with Crippen LogP contribution in [0.4, 0.5) is 30.5 Å². The van der Waals surface area contributed by atoms with Gasteiger partial charge in [-0.15, -0.1) is 0 Å². The lowest BCUT2D eigenvalue weighted by atomic mass is 10.1. The molecule has 1 amide bonds. The summed E-state index contributed by atoms with van der Waals surface area (Å²) >= 11 is 0. The summed E-state index contributed by atoms with van der Waals surface area (Å²) in [6, 6.07) is 4.95. The zero-order chi connectivity index (χ0) is 19.9. The fraction of sp³-hybridized carbons (Fsp3) is 0.316. The first-order valence-electron chi connectivity index (χ1n) is 8.82. The summed E-state index contributed by atoms with van der Waals surface area (Å²) in [5.74, 6) is 1.14. The molecule has 2 aromatic rings. The van der Waals surface area contributed by atoms with Crippen molar-refractivity contribution in [3.63, 3.8) is 0 Å². The van der Waals surface area contributed by atoms with E-state index in [1.54, 1.807) is 17.3 Å². The second kappa shape index (κ2) is 6.81. The Morgan fingerprint density at radius 1 is 1.07 bits per heavy atom. The molecule has 1 aromatic heterocycles. The molecule has 146 valence electrons. The Labute approximate surface area is 159 Å². The molecule has 0 saturated carbocycles. The van der Waals surface area contributed by atoms with Crippen molar-refractivity contribution in [3.05, 3.63) is 54.9 Å². The number of carbonyl (C=O) groups is 1. The van der Waals surface area contributed by atoms with Crippen molar-refractivity contribution in [3.8, 4) is 0 Å². The monoisotopic (exact) mass is 389 g/mol. The molecular weight excluding hydrogens is 371 g/mol. The van der Waals surface area contributed by atoms with Crippen molar-refractivity contribution in [1.29, 1.82) is 0 Å². The standard InChI is InChI=1S/C19H18F3N5O/c1-2-16(28)25-9-10-26-15(11-25)12-27(18-17(26)23-7-8-24-18)14-5-3-13(4-6-14)19(20,21)22/h2-8,15H,1,9-12H2. The minimum absolute atomic E-state index is 0.0517. The molecule has 0 radical (unpaired) electrons. The molecule has 2 aliphatic heterocycles. The Morgan fingerprint density at radius 3 is 2.39 bits per heavy atom. The van der Waals surface area contributed by atoms with E-state index in [0.717, 1.165) is 12.1 Å². The number of aromatic nitrogens is 2. The molecule has 1 saturated heterocycles. The Morgan fingerprint density at radius 2 is 1.75 bits per heavy atom. The molecule has 1 fully saturated rings. The molecule has 9 heteroatoms. The number of alkyl halides is 3. The number of carbonyl (C=O) groups excluding carboxylic acids is 1. The van der Waals surface area contributed by atoms with Gasteiger partial charge >= 0.3 is 6.18 Å². The van der Waals surface area contributed by atoms with Gasteiger partial charge in [0.15, 0.2) is 11.6 Å². The molecule has 0 N–H and O–H groups in total. The van der Waals surface area contributed by atoms with E-state index in [1.165, 1.54) is 18.2 Å². The first kappa shape index (κ1) is 18.3. The number of hydrogen-bond donors (Lipinski definition) is 0. The number of nitrogens with zero attached hydrogens (tertiary/aromatic N) is 5. The van der Waals surface area contributed by atoms with Crippen molar-refractivity contribution in [2.24, 2.45) is 0 Å². The van der Waals surface area contributed by atoms with Crippen LogP contribution < -0.4 is 9.80 Å². The maximum atomic E-state index is 12.9. The molecule has 0 bridgehead atoms. The lowest BCUT2D eigenvalue weighted by molar-refractivity contribution is -0.137. The smallest absolute Gasteiger partial charge is 0.345 e. The van der Waals surface area contributed by atoms with E-state index in [-0.39, 0.29) is 11.9 Å². The van der Waals surface area contributed by atoms with Gasteiger partial charge in [-0.3, -0.25) is 4.79 Å². The molecule has 4 rings (SSSR count). The number of benzene rings is 1. The minimum Gasteiger partial charge on any atom is -0.345 e. The normalized spacial score (nSPS) is 19.1. The van der Waals surface area contributed by atoms with Crippen LogP contribution in [0.1, 0.15) is 5.56 Å². The van der Waals surface area contributed by atoms with Crippen LogP contribution in [0.25, 0.3) is 0 Å². The van der Waals surface area contributed by atoms with Crippen molar-refractivity contribution in [2.45, 2.75) is 12.2 Å². The molecule has 1 aromatic carbocycles. The lowest BCUT2D eigenvalue weighted by Gasteiger charge is -2.47. The average molecular weight is 389 g/mol. The summed E-state index contributed by atoms with van der Waals surface area (Å²) in [6.07, 6.45) is 0.0604. The van der Waals surface area contributed by atoms with E-state index >= 15 is 0 Å². The molecule has 0 aliphatic carbocycles. The van der Waals surface area contributed by atoms with Crippen LogP contribution in [-0.2, 0) is 11.0 Å². The van der Waals surface area contributed by atoms with Crippen molar-refractivity contribution in [2.75, 3.05) is 36.0 Å². The zero-order valence-corrected chi connectivity index (χ0v) is 14.9. The van der Waals surface area contributed by atoms with Gasteiger partial charge in [0.25, 0.3) is 0 Å². The number of piperazine rings is 1. The number of rotatable bonds is 2. The van der Waals surface area contributed by atoms with Crippen LogP contribution in [0.3, 0.4) is 0 Å². The SMILES string of the molecule is C=CC(=O)N1CCN2c3nccnc3N(c3ccc(C(F)(F)F)cc3)CC2C1. The summed E-state index contributed by atoms with van der Waals surface area (Å²) in [4.78, 5) is 26.6. The summed E-state index contributed by atoms with van der Waals surface area (Å²) in [7, 11) is 0. The maximum absolute atomic E-state index is 12.9. The van der Waals surface area contributed by atoms with Gasteiger partial charge in [0.05, 0.1) is 11.6 Å². The maximum Gasteiger partial charge on any atom is 0.416 e. The number of halogens is 3. The molecule has 0 spiro atoms. The van der Waals surface area contributed by atoms with Gasteiger partial charge in [0.2, 0.25) is 5.91 Å². The van der Waals surface area contributed by atoms with E-state index < -0.39 is 11.7 Å². The Hall–Kier alpha value is -3.10. The second-order valence-corrected chi connectivity index (χ2v) is 6.69. The zero-order valence-electron chi connectivity index (χ0n) is 14.9. The molecule has 2 aliphatic rings. The lowest BCUT2D eigenvalue weighted by Crippen LogP contribution is -2.60. The highest BCUT2D eigenvalue weighted by atomic mass is 19.4. The second-order valence-electron chi connectivity index (χ2n) is 6.69. The quantitative estimate of drug-likeness (QED) is 0.740. The van der Waals surface area contributed by atoms with Gasteiger partial charge in [-0.1, -0.05) is 6.58 Å². The van der Waals surface area contributed by atoms with E-state index in [1.807, 2.05) is 4.90 Å².